The fraction of sp³-hybridized carbons (Fsp3) is 0.278. The molecule has 0 aliphatic heterocycles. The summed E-state index contributed by atoms with van der Waals surface area (Å²) in [6.07, 6.45) is 2.28. The molecule has 0 saturated carbocycles. The van der Waals surface area contributed by atoms with Gasteiger partial charge in [-0.05, 0) is 55.2 Å². The van der Waals surface area contributed by atoms with E-state index in [1.165, 1.54) is 12.1 Å². The van der Waals surface area contributed by atoms with Crippen LogP contribution in [-0.4, -0.2) is 32.4 Å². The molecule has 8 heteroatoms. The van der Waals surface area contributed by atoms with Crippen molar-refractivity contribution in [1.82, 2.24) is 4.72 Å². The summed E-state index contributed by atoms with van der Waals surface area (Å²) >= 11 is 7.62. The molecule has 26 heavy (non-hydrogen) atoms. The van der Waals surface area contributed by atoms with E-state index >= 15 is 0 Å². The highest BCUT2D eigenvalue weighted by Crippen LogP contribution is 2.20. The maximum Gasteiger partial charge on any atom is 0.242 e. The van der Waals surface area contributed by atoms with E-state index in [9.17, 15) is 13.2 Å². The molecule has 0 aromatic heterocycles. The van der Waals surface area contributed by atoms with Crippen LogP contribution in [0.1, 0.15) is 12.0 Å². The molecule has 5 nitrogen and oxygen atoms in total. The van der Waals surface area contributed by atoms with Gasteiger partial charge in [0, 0.05) is 10.7 Å². The highest BCUT2D eigenvalue weighted by Gasteiger charge is 2.25. The van der Waals surface area contributed by atoms with Gasteiger partial charge in [0.2, 0.25) is 15.9 Å². The van der Waals surface area contributed by atoms with Crippen LogP contribution in [-0.2, 0) is 14.8 Å². The van der Waals surface area contributed by atoms with Crippen LogP contribution < -0.4 is 10.0 Å². The van der Waals surface area contributed by atoms with Gasteiger partial charge in [-0.3, -0.25) is 4.79 Å². The average Bonchev–Trinajstić information content (AvgIpc) is 2.62. The first-order valence-electron chi connectivity index (χ1n) is 7.97. The number of amides is 1. The van der Waals surface area contributed by atoms with Crippen LogP contribution in [0.25, 0.3) is 0 Å². The number of aryl methyl sites for hydroxylation is 1. The normalized spacial score (nSPS) is 12.6. The standard InChI is InChI=1S/C18H21ClN2O3S2/c1-13-8-9-14(12-16(13)19)20-18(22)17(10-11-25-2)21-26(23,24)15-6-4-3-5-7-15/h3-9,12,17,21H,10-11H2,1-2H3,(H,20,22)/t17-/m1/s1. The predicted molar refractivity (Wildman–Crippen MR) is 108 cm³/mol. The molecule has 0 bridgehead atoms. The van der Waals surface area contributed by atoms with Crippen molar-refractivity contribution in [2.24, 2.45) is 0 Å². The van der Waals surface area contributed by atoms with E-state index in [0.717, 1.165) is 5.56 Å². The van der Waals surface area contributed by atoms with Crippen molar-refractivity contribution in [1.29, 1.82) is 0 Å². The second-order valence-electron chi connectivity index (χ2n) is 5.72. The van der Waals surface area contributed by atoms with Crippen molar-refractivity contribution in [2.45, 2.75) is 24.3 Å². The van der Waals surface area contributed by atoms with Gasteiger partial charge < -0.3 is 5.32 Å². The zero-order valence-corrected chi connectivity index (χ0v) is 16.9. The quantitative estimate of drug-likeness (QED) is 0.693. The average molecular weight is 413 g/mol. The fourth-order valence-electron chi connectivity index (χ4n) is 2.23. The molecule has 2 rings (SSSR count). The van der Waals surface area contributed by atoms with Crippen LogP contribution >= 0.6 is 23.4 Å². The van der Waals surface area contributed by atoms with E-state index in [-0.39, 0.29) is 4.90 Å². The number of halogens is 1. The third-order valence-electron chi connectivity index (χ3n) is 3.72. The predicted octanol–water partition coefficient (Wildman–Crippen LogP) is 3.69. The summed E-state index contributed by atoms with van der Waals surface area (Å²) in [7, 11) is -3.79. The smallest absolute Gasteiger partial charge is 0.242 e. The molecular formula is C18H21ClN2O3S2. The monoisotopic (exact) mass is 412 g/mol. The molecule has 0 saturated heterocycles. The van der Waals surface area contributed by atoms with Crippen LogP contribution in [0.2, 0.25) is 5.02 Å². The number of benzene rings is 2. The van der Waals surface area contributed by atoms with E-state index < -0.39 is 22.0 Å². The summed E-state index contributed by atoms with van der Waals surface area (Å²) in [5.74, 6) is 0.225. The van der Waals surface area contributed by atoms with Gasteiger partial charge >= 0.3 is 0 Å². The minimum absolute atomic E-state index is 0.125. The topological polar surface area (TPSA) is 75.3 Å². The lowest BCUT2D eigenvalue weighted by molar-refractivity contribution is -0.117. The molecule has 0 aliphatic carbocycles. The van der Waals surface area contributed by atoms with E-state index in [4.69, 9.17) is 11.6 Å². The Hall–Kier alpha value is -1.54. The lowest BCUT2D eigenvalue weighted by Crippen LogP contribution is -2.44. The first-order valence-corrected chi connectivity index (χ1v) is 11.2. The van der Waals surface area contributed by atoms with Crippen LogP contribution in [0.15, 0.2) is 53.4 Å². The summed E-state index contributed by atoms with van der Waals surface area (Å²) in [5.41, 5.74) is 1.42. The number of hydrogen-bond donors (Lipinski definition) is 2. The Morgan fingerprint density at radius 2 is 1.88 bits per heavy atom. The van der Waals surface area contributed by atoms with Crippen LogP contribution in [0.3, 0.4) is 0 Å². The fourth-order valence-corrected chi connectivity index (χ4v) is 4.14. The molecule has 0 fully saturated rings. The van der Waals surface area contributed by atoms with Crippen LogP contribution in [0.5, 0.6) is 0 Å². The zero-order valence-electron chi connectivity index (χ0n) is 14.5. The molecule has 2 aromatic rings. The highest BCUT2D eigenvalue weighted by atomic mass is 35.5. The first-order chi connectivity index (χ1) is 12.3. The van der Waals surface area contributed by atoms with E-state index in [0.29, 0.717) is 22.9 Å². The number of nitrogens with one attached hydrogen (secondary N) is 2. The third-order valence-corrected chi connectivity index (χ3v) is 6.26. The molecule has 0 heterocycles. The summed E-state index contributed by atoms with van der Waals surface area (Å²) in [5, 5.41) is 3.27. The SMILES string of the molecule is CSCC[C@@H](NS(=O)(=O)c1ccccc1)C(=O)Nc1ccc(C)c(Cl)c1. The molecule has 0 aliphatic rings. The van der Waals surface area contributed by atoms with E-state index in [2.05, 4.69) is 10.0 Å². The highest BCUT2D eigenvalue weighted by molar-refractivity contribution is 7.98. The zero-order chi connectivity index (χ0) is 19.2. The van der Waals surface area contributed by atoms with Crippen molar-refractivity contribution in [3.05, 3.63) is 59.1 Å². The van der Waals surface area contributed by atoms with Crippen molar-refractivity contribution < 1.29 is 13.2 Å². The Bertz CT molecular complexity index is 858. The summed E-state index contributed by atoms with van der Waals surface area (Å²) in [6.45, 7) is 1.86. The number of hydrogen-bond acceptors (Lipinski definition) is 4. The van der Waals surface area contributed by atoms with Crippen LogP contribution in [0.4, 0.5) is 5.69 Å². The van der Waals surface area contributed by atoms with Gasteiger partial charge in [-0.25, -0.2) is 8.42 Å². The number of thioether (sulfide) groups is 1. The van der Waals surface area contributed by atoms with E-state index in [1.807, 2.05) is 13.2 Å². The van der Waals surface area contributed by atoms with Gasteiger partial charge in [0.05, 0.1) is 4.90 Å². The minimum Gasteiger partial charge on any atom is -0.325 e. The minimum atomic E-state index is -3.79. The maximum absolute atomic E-state index is 12.6. The number of sulfonamides is 1. The van der Waals surface area contributed by atoms with Crippen molar-refractivity contribution in [2.75, 3.05) is 17.3 Å². The number of rotatable bonds is 8. The number of carbonyl (C=O) groups is 1. The second kappa shape index (κ2) is 9.41. The summed E-state index contributed by atoms with van der Waals surface area (Å²) < 4.78 is 27.6. The Balaban J connectivity index is 2.17. The van der Waals surface area contributed by atoms with Crippen molar-refractivity contribution in [3.63, 3.8) is 0 Å². The lowest BCUT2D eigenvalue weighted by atomic mass is 10.2. The molecule has 1 atom stereocenters. The number of anilines is 1. The largest absolute Gasteiger partial charge is 0.325 e. The Labute approximate surface area is 163 Å². The van der Waals surface area contributed by atoms with Gasteiger partial charge in [0.25, 0.3) is 0 Å². The second-order valence-corrected chi connectivity index (χ2v) is 8.83. The third kappa shape index (κ3) is 5.74. The van der Waals surface area contributed by atoms with Gasteiger partial charge in [-0.2, -0.15) is 16.5 Å². The molecule has 0 radical (unpaired) electrons. The lowest BCUT2D eigenvalue weighted by Gasteiger charge is -2.18. The summed E-state index contributed by atoms with van der Waals surface area (Å²) in [4.78, 5) is 12.8. The molecule has 140 valence electrons. The van der Waals surface area contributed by atoms with Gasteiger partial charge in [0.1, 0.15) is 6.04 Å². The van der Waals surface area contributed by atoms with Crippen molar-refractivity contribution in [3.8, 4) is 0 Å². The van der Waals surface area contributed by atoms with Gasteiger partial charge in [0.15, 0.2) is 0 Å². The molecule has 2 aromatic carbocycles. The van der Waals surface area contributed by atoms with Crippen LogP contribution in [0, 0.1) is 6.92 Å². The Morgan fingerprint density at radius 3 is 2.50 bits per heavy atom. The molecular weight excluding hydrogens is 392 g/mol. The Kier molecular flexibility index (Phi) is 7.52. The van der Waals surface area contributed by atoms with Gasteiger partial charge in [-0.1, -0.05) is 35.9 Å². The van der Waals surface area contributed by atoms with Crippen molar-refractivity contribution >= 4 is 45.0 Å². The first kappa shape index (κ1) is 20.8. The molecule has 0 unspecified atom stereocenters. The molecule has 2 N–H and O–H groups in total. The van der Waals surface area contributed by atoms with E-state index in [1.54, 1.807) is 48.2 Å². The Morgan fingerprint density at radius 1 is 1.19 bits per heavy atom. The van der Waals surface area contributed by atoms with Gasteiger partial charge in [-0.15, -0.1) is 0 Å². The maximum atomic E-state index is 12.6. The molecule has 1 amide bonds. The summed E-state index contributed by atoms with van der Waals surface area (Å²) in [6, 6.07) is 12.3. The number of carbonyl (C=O) groups excluding carboxylic acids is 1. The molecule has 0 spiro atoms.